The fraction of sp³-hybridized carbons (Fsp3) is 0.200. The molecule has 0 aliphatic rings. The van der Waals surface area contributed by atoms with Gasteiger partial charge in [-0.05, 0) is 28.3 Å². The van der Waals surface area contributed by atoms with Crippen LogP contribution in [0.3, 0.4) is 0 Å². The minimum Gasteiger partial charge on any atom is -0.0642 e. The average molecular weight is 260 g/mol. The van der Waals surface area contributed by atoms with Crippen LogP contribution in [0.2, 0.25) is 0 Å². The van der Waals surface area contributed by atoms with Gasteiger partial charge in [-0.3, -0.25) is 0 Å². The second-order valence-electron chi connectivity index (χ2n) is 5.61. The lowest BCUT2D eigenvalue weighted by atomic mass is 9.74. The van der Waals surface area contributed by atoms with Crippen molar-refractivity contribution in [2.75, 3.05) is 0 Å². The molecule has 3 aromatic carbocycles. The molecule has 100 valence electrons. The zero-order valence-corrected chi connectivity index (χ0v) is 12.1. The third-order valence-electron chi connectivity index (χ3n) is 4.50. The van der Waals surface area contributed by atoms with Crippen molar-refractivity contribution in [3.63, 3.8) is 0 Å². The topological polar surface area (TPSA) is 0 Å². The van der Waals surface area contributed by atoms with Gasteiger partial charge in [0, 0.05) is 5.41 Å². The van der Waals surface area contributed by atoms with Crippen molar-refractivity contribution in [2.24, 2.45) is 0 Å². The molecule has 0 saturated heterocycles. The van der Waals surface area contributed by atoms with Gasteiger partial charge in [-0.15, -0.1) is 0 Å². The van der Waals surface area contributed by atoms with Gasteiger partial charge >= 0.3 is 0 Å². The minimum absolute atomic E-state index is 0.0747. The van der Waals surface area contributed by atoms with Gasteiger partial charge in [-0.25, -0.2) is 0 Å². The summed E-state index contributed by atoms with van der Waals surface area (Å²) in [7, 11) is 0. The highest BCUT2D eigenvalue weighted by Crippen LogP contribution is 2.36. The molecular weight excluding hydrogens is 240 g/mol. The maximum Gasteiger partial charge on any atom is 0.0172 e. The van der Waals surface area contributed by atoms with Gasteiger partial charge in [0.25, 0.3) is 0 Å². The first kappa shape index (κ1) is 12.9. The summed E-state index contributed by atoms with van der Waals surface area (Å²) in [4.78, 5) is 0. The van der Waals surface area contributed by atoms with Gasteiger partial charge in [0.1, 0.15) is 0 Å². The van der Waals surface area contributed by atoms with Crippen molar-refractivity contribution in [2.45, 2.75) is 25.7 Å². The number of benzene rings is 3. The molecular formula is C20H20. The van der Waals surface area contributed by atoms with Crippen molar-refractivity contribution in [3.8, 4) is 0 Å². The van der Waals surface area contributed by atoms with Crippen LogP contribution in [0.5, 0.6) is 0 Å². The SMILES string of the molecule is CC[C@](C)(c1ccccc1)c1ccc2ccccc2c1. The molecule has 0 N–H and O–H groups in total. The predicted octanol–water partition coefficient (Wildman–Crippen LogP) is 5.56. The first-order chi connectivity index (χ1) is 9.74. The van der Waals surface area contributed by atoms with Crippen LogP contribution in [0, 0.1) is 0 Å². The largest absolute Gasteiger partial charge is 0.0642 e. The molecule has 0 fully saturated rings. The van der Waals surface area contributed by atoms with Crippen LogP contribution in [0.25, 0.3) is 10.8 Å². The zero-order valence-electron chi connectivity index (χ0n) is 12.1. The van der Waals surface area contributed by atoms with Crippen LogP contribution in [-0.4, -0.2) is 0 Å². The van der Waals surface area contributed by atoms with Crippen LogP contribution in [0.1, 0.15) is 31.4 Å². The van der Waals surface area contributed by atoms with E-state index in [4.69, 9.17) is 0 Å². The van der Waals surface area contributed by atoms with Gasteiger partial charge in [-0.2, -0.15) is 0 Å². The zero-order chi connectivity index (χ0) is 14.0. The summed E-state index contributed by atoms with van der Waals surface area (Å²) >= 11 is 0. The third kappa shape index (κ3) is 2.12. The standard InChI is InChI=1S/C20H20/c1-3-20(2,18-11-5-4-6-12-18)19-14-13-16-9-7-8-10-17(16)15-19/h4-15H,3H2,1-2H3/t20-/m1/s1. The van der Waals surface area contributed by atoms with Crippen molar-refractivity contribution in [3.05, 3.63) is 83.9 Å². The summed E-state index contributed by atoms with van der Waals surface area (Å²) in [6.45, 7) is 4.61. The maximum atomic E-state index is 2.34. The van der Waals surface area contributed by atoms with Crippen molar-refractivity contribution < 1.29 is 0 Å². The van der Waals surface area contributed by atoms with E-state index in [1.54, 1.807) is 0 Å². The second-order valence-corrected chi connectivity index (χ2v) is 5.61. The Kier molecular flexibility index (Phi) is 3.31. The van der Waals surface area contributed by atoms with Crippen molar-refractivity contribution in [1.82, 2.24) is 0 Å². The summed E-state index contributed by atoms with van der Waals surface area (Å²) in [6, 6.07) is 26.2. The van der Waals surface area contributed by atoms with Crippen molar-refractivity contribution >= 4 is 10.8 Å². The summed E-state index contributed by atoms with van der Waals surface area (Å²) in [5.74, 6) is 0. The van der Waals surface area contributed by atoms with E-state index in [2.05, 4.69) is 86.6 Å². The number of hydrogen-bond donors (Lipinski definition) is 0. The lowest BCUT2D eigenvalue weighted by Crippen LogP contribution is -2.22. The molecule has 0 radical (unpaired) electrons. The molecule has 0 saturated carbocycles. The van der Waals surface area contributed by atoms with E-state index in [1.165, 1.54) is 21.9 Å². The highest BCUT2D eigenvalue weighted by atomic mass is 14.3. The minimum atomic E-state index is 0.0747. The fourth-order valence-corrected chi connectivity index (χ4v) is 2.91. The predicted molar refractivity (Wildman–Crippen MR) is 87.1 cm³/mol. The van der Waals surface area contributed by atoms with E-state index in [9.17, 15) is 0 Å². The first-order valence-corrected chi connectivity index (χ1v) is 7.29. The molecule has 20 heavy (non-hydrogen) atoms. The molecule has 0 aliphatic heterocycles. The third-order valence-corrected chi connectivity index (χ3v) is 4.50. The van der Waals surface area contributed by atoms with Gasteiger partial charge < -0.3 is 0 Å². The first-order valence-electron chi connectivity index (χ1n) is 7.29. The molecule has 0 spiro atoms. The molecule has 3 aromatic rings. The lowest BCUT2D eigenvalue weighted by molar-refractivity contribution is 0.550. The molecule has 0 heterocycles. The Morgan fingerprint density at radius 3 is 2.05 bits per heavy atom. The normalized spacial score (nSPS) is 14.1. The Bertz CT molecular complexity index is 712. The number of rotatable bonds is 3. The summed E-state index contributed by atoms with van der Waals surface area (Å²) in [5, 5.41) is 2.63. The highest BCUT2D eigenvalue weighted by Gasteiger charge is 2.26. The molecule has 0 aliphatic carbocycles. The van der Waals surface area contributed by atoms with E-state index in [-0.39, 0.29) is 5.41 Å². The summed E-state index contributed by atoms with van der Waals surface area (Å²) in [5.41, 5.74) is 2.85. The molecule has 3 rings (SSSR count). The van der Waals surface area contributed by atoms with Crippen LogP contribution in [0.4, 0.5) is 0 Å². The Morgan fingerprint density at radius 2 is 1.35 bits per heavy atom. The Balaban J connectivity index is 2.16. The van der Waals surface area contributed by atoms with Gasteiger partial charge in [0.2, 0.25) is 0 Å². The van der Waals surface area contributed by atoms with E-state index >= 15 is 0 Å². The molecule has 0 nitrogen and oxygen atoms in total. The molecule has 0 aromatic heterocycles. The van der Waals surface area contributed by atoms with Gasteiger partial charge in [0.15, 0.2) is 0 Å². The molecule has 0 amide bonds. The second kappa shape index (κ2) is 5.13. The van der Waals surface area contributed by atoms with Gasteiger partial charge in [-0.1, -0.05) is 86.6 Å². The quantitative estimate of drug-likeness (QED) is 0.578. The number of hydrogen-bond acceptors (Lipinski definition) is 0. The molecule has 0 heteroatoms. The van der Waals surface area contributed by atoms with Crippen LogP contribution < -0.4 is 0 Å². The van der Waals surface area contributed by atoms with E-state index in [0.29, 0.717) is 0 Å². The Labute approximate surface area is 121 Å². The van der Waals surface area contributed by atoms with E-state index in [0.717, 1.165) is 6.42 Å². The smallest absolute Gasteiger partial charge is 0.0172 e. The van der Waals surface area contributed by atoms with Crippen molar-refractivity contribution in [1.29, 1.82) is 0 Å². The molecule has 1 atom stereocenters. The van der Waals surface area contributed by atoms with Crippen LogP contribution in [0.15, 0.2) is 72.8 Å². The van der Waals surface area contributed by atoms with Crippen LogP contribution >= 0.6 is 0 Å². The maximum absolute atomic E-state index is 2.34. The monoisotopic (exact) mass is 260 g/mol. The Morgan fingerprint density at radius 1 is 0.700 bits per heavy atom. The molecule has 0 unspecified atom stereocenters. The summed E-state index contributed by atoms with van der Waals surface area (Å²) in [6.07, 6.45) is 1.09. The van der Waals surface area contributed by atoms with Gasteiger partial charge in [0.05, 0.1) is 0 Å². The molecule has 0 bridgehead atoms. The van der Waals surface area contributed by atoms with E-state index < -0.39 is 0 Å². The summed E-state index contributed by atoms with van der Waals surface area (Å²) < 4.78 is 0. The number of fused-ring (bicyclic) bond motifs is 1. The Hall–Kier alpha value is -2.08. The van der Waals surface area contributed by atoms with E-state index in [1.807, 2.05) is 0 Å². The average Bonchev–Trinajstić information content (AvgIpc) is 2.54. The fourth-order valence-electron chi connectivity index (χ4n) is 2.91. The van der Waals surface area contributed by atoms with Crippen LogP contribution in [-0.2, 0) is 5.41 Å². The highest BCUT2D eigenvalue weighted by molar-refractivity contribution is 5.83. The lowest BCUT2D eigenvalue weighted by Gasteiger charge is -2.30.